The molecule has 0 aromatic heterocycles. The standard InChI is InChI=1S/C10H13NO/c1-12-10-6-8-4-2-3-7(8)5-9(10)11/h5-6H,2-4,11H2,1H3. The van der Waals surface area contributed by atoms with E-state index in [0.29, 0.717) is 0 Å². The highest BCUT2D eigenvalue weighted by atomic mass is 16.5. The van der Waals surface area contributed by atoms with Crippen molar-refractivity contribution in [3.8, 4) is 5.75 Å². The highest BCUT2D eigenvalue weighted by Crippen LogP contribution is 2.30. The van der Waals surface area contributed by atoms with Crippen molar-refractivity contribution in [1.29, 1.82) is 0 Å². The van der Waals surface area contributed by atoms with Crippen molar-refractivity contribution in [2.24, 2.45) is 0 Å². The van der Waals surface area contributed by atoms with Gasteiger partial charge in [-0.25, -0.2) is 0 Å². The molecule has 64 valence electrons. The number of rotatable bonds is 1. The number of ether oxygens (including phenoxy) is 1. The summed E-state index contributed by atoms with van der Waals surface area (Å²) in [6.45, 7) is 0. The van der Waals surface area contributed by atoms with Gasteiger partial charge in [0.25, 0.3) is 0 Å². The maximum absolute atomic E-state index is 5.78. The fourth-order valence-electron chi connectivity index (χ4n) is 1.80. The highest BCUT2D eigenvalue weighted by Gasteiger charge is 2.13. The Balaban J connectivity index is 2.49. The van der Waals surface area contributed by atoms with Crippen LogP contribution in [0.25, 0.3) is 0 Å². The molecule has 2 N–H and O–H groups in total. The Labute approximate surface area is 72.3 Å². The van der Waals surface area contributed by atoms with Crippen LogP contribution in [-0.4, -0.2) is 7.11 Å². The number of hydrogen-bond acceptors (Lipinski definition) is 2. The first-order valence-electron chi connectivity index (χ1n) is 4.26. The third-order valence-electron chi connectivity index (χ3n) is 2.44. The van der Waals surface area contributed by atoms with Crippen LogP contribution < -0.4 is 10.5 Å². The van der Waals surface area contributed by atoms with Crippen molar-refractivity contribution in [2.75, 3.05) is 12.8 Å². The van der Waals surface area contributed by atoms with Crippen molar-refractivity contribution in [1.82, 2.24) is 0 Å². The third kappa shape index (κ3) is 1.04. The Bertz CT molecular complexity index is 306. The van der Waals surface area contributed by atoms with Gasteiger partial charge in [-0.2, -0.15) is 0 Å². The van der Waals surface area contributed by atoms with E-state index in [2.05, 4.69) is 6.07 Å². The van der Waals surface area contributed by atoms with Crippen LogP contribution in [0.4, 0.5) is 5.69 Å². The van der Waals surface area contributed by atoms with E-state index in [0.717, 1.165) is 11.4 Å². The summed E-state index contributed by atoms with van der Waals surface area (Å²) < 4.78 is 5.15. The quantitative estimate of drug-likeness (QED) is 0.640. The van der Waals surface area contributed by atoms with Crippen LogP contribution >= 0.6 is 0 Å². The molecule has 0 radical (unpaired) electrons. The molecule has 0 amide bonds. The molecule has 2 heteroatoms. The van der Waals surface area contributed by atoms with Gasteiger partial charge < -0.3 is 10.5 Å². The fraction of sp³-hybridized carbons (Fsp3) is 0.400. The predicted molar refractivity (Wildman–Crippen MR) is 49.4 cm³/mol. The molecule has 0 bridgehead atoms. The van der Waals surface area contributed by atoms with E-state index in [1.54, 1.807) is 7.11 Å². The summed E-state index contributed by atoms with van der Waals surface area (Å²) in [5.41, 5.74) is 9.34. The Morgan fingerprint density at radius 2 is 1.92 bits per heavy atom. The highest BCUT2D eigenvalue weighted by molar-refractivity contribution is 5.57. The summed E-state index contributed by atoms with van der Waals surface area (Å²) in [4.78, 5) is 0. The zero-order valence-corrected chi connectivity index (χ0v) is 7.26. The minimum absolute atomic E-state index is 0.762. The van der Waals surface area contributed by atoms with E-state index >= 15 is 0 Å². The number of nitrogens with two attached hydrogens (primary N) is 1. The normalized spacial score (nSPS) is 14.4. The molecule has 0 atom stereocenters. The van der Waals surface area contributed by atoms with E-state index in [1.807, 2.05) is 6.07 Å². The first-order valence-corrected chi connectivity index (χ1v) is 4.26. The molecule has 0 saturated carbocycles. The summed E-state index contributed by atoms with van der Waals surface area (Å²) in [5.74, 6) is 0.815. The van der Waals surface area contributed by atoms with Gasteiger partial charge in [-0.3, -0.25) is 0 Å². The minimum atomic E-state index is 0.762. The maximum atomic E-state index is 5.78. The first kappa shape index (κ1) is 7.47. The molecule has 2 nitrogen and oxygen atoms in total. The Kier molecular flexibility index (Phi) is 1.68. The molecule has 12 heavy (non-hydrogen) atoms. The molecule has 2 rings (SSSR count). The van der Waals surface area contributed by atoms with Crippen LogP contribution in [0.5, 0.6) is 5.75 Å². The SMILES string of the molecule is COc1cc2c(cc1N)CCC2. The zero-order chi connectivity index (χ0) is 8.55. The second-order valence-electron chi connectivity index (χ2n) is 3.22. The average Bonchev–Trinajstić information content (AvgIpc) is 2.49. The van der Waals surface area contributed by atoms with E-state index in [9.17, 15) is 0 Å². The van der Waals surface area contributed by atoms with Crippen LogP contribution in [0.1, 0.15) is 17.5 Å². The van der Waals surface area contributed by atoms with Gasteiger partial charge in [-0.15, -0.1) is 0 Å². The molecule has 0 heterocycles. The number of hydrogen-bond donors (Lipinski definition) is 1. The molecule has 1 aromatic rings. The summed E-state index contributed by atoms with van der Waals surface area (Å²) in [6.07, 6.45) is 3.59. The zero-order valence-electron chi connectivity index (χ0n) is 7.26. The van der Waals surface area contributed by atoms with Gasteiger partial charge in [-0.1, -0.05) is 0 Å². The lowest BCUT2D eigenvalue weighted by molar-refractivity contribution is 0.416. The van der Waals surface area contributed by atoms with Gasteiger partial charge in [-0.05, 0) is 42.5 Å². The van der Waals surface area contributed by atoms with E-state index in [-0.39, 0.29) is 0 Å². The van der Waals surface area contributed by atoms with E-state index in [1.165, 1.54) is 30.4 Å². The summed E-state index contributed by atoms with van der Waals surface area (Å²) in [7, 11) is 1.66. The molecule has 1 aliphatic carbocycles. The molecular weight excluding hydrogens is 150 g/mol. The van der Waals surface area contributed by atoms with Crippen LogP contribution in [0.3, 0.4) is 0 Å². The molecule has 0 unspecified atom stereocenters. The first-order chi connectivity index (χ1) is 5.81. The number of methoxy groups -OCH3 is 1. The number of benzene rings is 1. The van der Waals surface area contributed by atoms with Gasteiger partial charge in [0, 0.05) is 0 Å². The van der Waals surface area contributed by atoms with Crippen molar-refractivity contribution in [3.05, 3.63) is 23.3 Å². The molecule has 0 fully saturated rings. The van der Waals surface area contributed by atoms with Crippen molar-refractivity contribution in [2.45, 2.75) is 19.3 Å². The Morgan fingerprint density at radius 1 is 1.25 bits per heavy atom. The van der Waals surface area contributed by atoms with Crippen LogP contribution in [-0.2, 0) is 12.8 Å². The van der Waals surface area contributed by atoms with Crippen molar-refractivity contribution in [3.63, 3.8) is 0 Å². The van der Waals surface area contributed by atoms with Crippen LogP contribution in [0, 0.1) is 0 Å². The lowest BCUT2D eigenvalue weighted by Crippen LogP contribution is -1.94. The predicted octanol–water partition coefficient (Wildman–Crippen LogP) is 1.77. The molecule has 1 aliphatic rings. The van der Waals surface area contributed by atoms with Gasteiger partial charge in [0.2, 0.25) is 0 Å². The fourth-order valence-corrected chi connectivity index (χ4v) is 1.80. The van der Waals surface area contributed by atoms with Gasteiger partial charge in [0.05, 0.1) is 12.8 Å². The monoisotopic (exact) mass is 163 g/mol. The molecule has 1 aromatic carbocycles. The summed E-state index contributed by atoms with van der Waals surface area (Å²) in [6, 6.07) is 4.11. The van der Waals surface area contributed by atoms with Crippen molar-refractivity contribution >= 4 is 5.69 Å². The van der Waals surface area contributed by atoms with Crippen LogP contribution in [0.15, 0.2) is 12.1 Å². The molecule has 0 spiro atoms. The third-order valence-corrected chi connectivity index (χ3v) is 2.44. The summed E-state index contributed by atoms with van der Waals surface area (Å²) in [5, 5.41) is 0. The molecular formula is C10H13NO. The largest absolute Gasteiger partial charge is 0.495 e. The molecule has 0 saturated heterocycles. The number of aryl methyl sites for hydroxylation is 2. The second-order valence-corrected chi connectivity index (χ2v) is 3.22. The van der Waals surface area contributed by atoms with Crippen LogP contribution in [0.2, 0.25) is 0 Å². The topological polar surface area (TPSA) is 35.2 Å². The average molecular weight is 163 g/mol. The van der Waals surface area contributed by atoms with Crippen molar-refractivity contribution < 1.29 is 4.74 Å². The summed E-state index contributed by atoms with van der Waals surface area (Å²) >= 11 is 0. The smallest absolute Gasteiger partial charge is 0.142 e. The number of fused-ring (bicyclic) bond motifs is 1. The Hall–Kier alpha value is -1.18. The minimum Gasteiger partial charge on any atom is -0.495 e. The van der Waals surface area contributed by atoms with Gasteiger partial charge in [0.1, 0.15) is 5.75 Å². The maximum Gasteiger partial charge on any atom is 0.142 e. The van der Waals surface area contributed by atoms with Gasteiger partial charge >= 0.3 is 0 Å². The van der Waals surface area contributed by atoms with E-state index < -0.39 is 0 Å². The second kappa shape index (κ2) is 2.70. The lowest BCUT2D eigenvalue weighted by Gasteiger charge is -2.06. The van der Waals surface area contributed by atoms with Gasteiger partial charge in [0.15, 0.2) is 0 Å². The number of anilines is 1. The molecule has 0 aliphatic heterocycles. The Morgan fingerprint density at radius 3 is 2.58 bits per heavy atom. The van der Waals surface area contributed by atoms with E-state index in [4.69, 9.17) is 10.5 Å². The number of nitrogen functional groups attached to an aromatic ring is 1. The lowest BCUT2D eigenvalue weighted by atomic mass is 10.1.